The van der Waals surface area contributed by atoms with Crippen molar-refractivity contribution in [1.82, 2.24) is 10.2 Å². The minimum Gasteiger partial charge on any atom is -0.389 e. The first-order valence-electron chi connectivity index (χ1n) is 8.05. The van der Waals surface area contributed by atoms with Crippen molar-refractivity contribution in [3.05, 3.63) is 0 Å². The molecule has 0 bridgehead atoms. The highest BCUT2D eigenvalue weighted by molar-refractivity contribution is 5.77. The zero-order chi connectivity index (χ0) is 16.9. The van der Waals surface area contributed by atoms with Crippen LogP contribution in [-0.4, -0.2) is 96.5 Å². The van der Waals surface area contributed by atoms with Gasteiger partial charge in [0.1, 0.15) is 12.2 Å². The van der Waals surface area contributed by atoms with Crippen LogP contribution in [0.3, 0.4) is 0 Å². The van der Waals surface area contributed by atoms with Gasteiger partial charge in [-0.2, -0.15) is 0 Å². The number of nitrogens with zero attached hydrogens (tertiary/aromatic N) is 1. The molecule has 1 amide bonds. The Hall–Kier alpha value is -0.770. The van der Waals surface area contributed by atoms with Crippen molar-refractivity contribution in [2.24, 2.45) is 0 Å². The number of hydrogen-bond donors (Lipinski definition) is 4. The largest absolute Gasteiger partial charge is 0.389 e. The number of amides is 1. The topological polar surface area (TPSA) is 111 Å². The number of rotatable bonds is 6. The van der Waals surface area contributed by atoms with Crippen LogP contribution in [-0.2, 0) is 14.3 Å². The third-order valence-electron chi connectivity index (χ3n) is 4.72. The predicted octanol–water partition coefficient (Wildman–Crippen LogP) is -1.91. The summed E-state index contributed by atoms with van der Waals surface area (Å²) >= 11 is 0. The van der Waals surface area contributed by atoms with Crippen molar-refractivity contribution in [3.8, 4) is 0 Å². The molecular formula is C15H28N2O6. The third kappa shape index (κ3) is 5.10. The zero-order valence-corrected chi connectivity index (χ0v) is 13.7. The smallest absolute Gasteiger partial charge is 0.246 e. The fourth-order valence-electron chi connectivity index (χ4n) is 3.13. The summed E-state index contributed by atoms with van der Waals surface area (Å²) in [6.07, 6.45) is 0.504. The molecule has 4 N–H and O–H groups in total. The molecular weight excluding hydrogens is 304 g/mol. The van der Waals surface area contributed by atoms with E-state index < -0.39 is 17.3 Å². The summed E-state index contributed by atoms with van der Waals surface area (Å²) < 4.78 is 9.98. The Morgan fingerprint density at radius 2 is 2.04 bits per heavy atom. The molecule has 0 radical (unpaired) electrons. The average molecular weight is 332 g/mol. The maximum absolute atomic E-state index is 11.4. The number of aliphatic hydroxyl groups is 3. The van der Waals surface area contributed by atoms with E-state index in [1.165, 1.54) is 7.11 Å². The maximum Gasteiger partial charge on any atom is 0.246 e. The second-order valence-electron chi connectivity index (χ2n) is 6.65. The Morgan fingerprint density at radius 3 is 2.65 bits per heavy atom. The first-order chi connectivity index (χ1) is 10.9. The molecule has 23 heavy (non-hydrogen) atoms. The van der Waals surface area contributed by atoms with E-state index in [-0.39, 0.29) is 25.6 Å². The Labute approximate surface area is 136 Å². The fraction of sp³-hybridized carbons (Fsp3) is 0.933. The number of nitrogens with one attached hydrogen (secondary N) is 1. The Bertz CT molecular complexity index is 401. The van der Waals surface area contributed by atoms with Gasteiger partial charge in [-0.3, -0.25) is 9.69 Å². The van der Waals surface area contributed by atoms with Crippen LogP contribution >= 0.6 is 0 Å². The molecule has 2 fully saturated rings. The summed E-state index contributed by atoms with van der Waals surface area (Å²) in [5.41, 5.74) is -2.14. The predicted molar refractivity (Wildman–Crippen MR) is 81.9 cm³/mol. The van der Waals surface area contributed by atoms with Crippen molar-refractivity contribution < 1.29 is 29.6 Å². The van der Waals surface area contributed by atoms with E-state index in [0.717, 1.165) is 0 Å². The molecule has 0 aromatic rings. The highest BCUT2D eigenvalue weighted by Gasteiger charge is 2.42. The lowest BCUT2D eigenvalue weighted by atomic mass is 9.86. The molecule has 2 aliphatic rings. The van der Waals surface area contributed by atoms with Gasteiger partial charge in [-0.15, -0.1) is 0 Å². The van der Waals surface area contributed by atoms with Gasteiger partial charge >= 0.3 is 0 Å². The summed E-state index contributed by atoms with van der Waals surface area (Å²) in [6, 6.07) is 0. The van der Waals surface area contributed by atoms with Crippen molar-refractivity contribution in [1.29, 1.82) is 0 Å². The van der Waals surface area contributed by atoms with Crippen LogP contribution in [0.15, 0.2) is 0 Å². The number of carbonyl (C=O) groups is 1. The molecule has 2 heterocycles. The minimum atomic E-state index is -1.35. The van der Waals surface area contributed by atoms with E-state index in [2.05, 4.69) is 5.32 Å². The first kappa shape index (κ1) is 18.6. The number of hydrogen-bond acceptors (Lipinski definition) is 7. The normalized spacial score (nSPS) is 31.7. The van der Waals surface area contributed by atoms with E-state index in [0.29, 0.717) is 45.6 Å². The minimum absolute atomic E-state index is 0.0116. The molecule has 2 saturated heterocycles. The number of piperidine rings is 1. The van der Waals surface area contributed by atoms with Crippen molar-refractivity contribution in [2.75, 3.05) is 53.1 Å². The quantitative estimate of drug-likeness (QED) is 0.449. The number of aliphatic hydroxyl groups excluding tert-OH is 1. The second kappa shape index (κ2) is 7.87. The van der Waals surface area contributed by atoms with Gasteiger partial charge in [0.05, 0.1) is 11.7 Å². The number of β-amino-alcohol motifs (C(OH)–C–C–N with tert-alkyl or cyclic N) is 2. The zero-order valence-electron chi connectivity index (χ0n) is 13.7. The SMILES string of the molecule is COCC(=O)NC[C@]1(O)CCN(CC2(O)CCOCC2)C[C@H]1O. The summed E-state index contributed by atoms with van der Waals surface area (Å²) in [6.45, 7) is 2.27. The van der Waals surface area contributed by atoms with E-state index in [4.69, 9.17) is 9.47 Å². The van der Waals surface area contributed by atoms with Gasteiger partial charge in [0.25, 0.3) is 0 Å². The molecule has 0 aliphatic carbocycles. The lowest BCUT2D eigenvalue weighted by molar-refractivity contribution is -0.142. The number of likely N-dealkylation sites (tertiary alicyclic amines) is 1. The van der Waals surface area contributed by atoms with Crippen LogP contribution in [0.5, 0.6) is 0 Å². The molecule has 0 unspecified atom stereocenters. The van der Waals surface area contributed by atoms with Crippen molar-refractivity contribution in [2.45, 2.75) is 36.6 Å². The van der Waals surface area contributed by atoms with Gasteiger partial charge in [0.15, 0.2) is 0 Å². The molecule has 0 aromatic carbocycles. The summed E-state index contributed by atoms with van der Waals surface area (Å²) in [7, 11) is 1.42. The number of methoxy groups -OCH3 is 1. The van der Waals surface area contributed by atoms with E-state index in [1.807, 2.05) is 4.90 Å². The highest BCUT2D eigenvalue weighted by Crippen LogP contribution is 2.27. The Kier molecular flexibility index (Phi) is 6.35. The van der Waals surface area contributed by atoms with Crippen LogP contribution in [0, 0.1) is 0 Å². The third-order valence-corrected chi connectivity index (χ3v) is 4.72. The first-order valence-corrected chi connectivity index (χ1v) is 8.05. The van der Waals surface area contributed by atoms with E-state index >= 15 is 0 Å². The summed E-state index contributed by atoms with van der Waals surface area (Å²) in [5.74, 6) is -0.327. The van der Waals surface area contributed by atoms with Gasteiger partial charge < -0.3 is 30.1 Å². The van der Waals surface area contributed by atoms with E-state index in [9.17, 15) is 20.1 Å². The summed E-state index contributed by atoms with van der Waals surface area (Å²) in [4.78, 5) is 13.4. The molecule has 2 aliphatic heterocycles. The van der Waals surface area contributed by atoms with Crippen LogP contribution in [0.4, 0.5) is 0 Å². The maximum atomic E-state index is 11.4. The molecule has 0 aromatic heterocycles. The monoisotopic (exact) mass is 332 g/mol. The van der Waals surface area contributed by atoms with Gasteiger partial charge in [0, 0.05) is 59.3 Å². The Morgan fingerprint density at radius 1 is 1.35 bits per heavy atom. The van der Waals surface area contributed by atoms with Crippen LogP contribution < -0.4 is 5.32 Å². The average Bonchev–Trinajstić information content (AvgIpc) is 2.50. The molecule has 8 nitrogen and oxygen atoms in total. The lowest BCUT2D eigenvalue weighted by Crippen LogP contribution is -2.62. The van der Waals surface area contributed by atoms with E-state index in [1.54, 1.807) is 0 Å². The molecule has 2 atom stereocenters. The van der Waals surface area contributed by atoms with Gasteiger partial charge in [-0.25, -0.2) is 0 Å². The van der Waals surface area contributed by atoms with Crippen molar-refractivity contribution in [3.63, 3.8) is 0 Å². The molecule has 2 rings (SSSR count). The van der Waals surface area contributed by atoms with Crippen molar-refractivity contribution >= 4 is 5.91 Å². The standard InChI is InChI=1S/C15H28N2O6/c1-22-9-13(19)16-10-15(21)2-5-17(8-12(15)18)11-14(20)3-6-23-7-4-14/h12,18,20-21H,2-11H2,1H3,(H,16,19)/t12-,15-/m1/s1. The molecule has 8 heteroatoms. The molecule has 134 valence electrons. The number of carbonyl (C=O) groups excluding carboxylic acids is 1. The van der Waals surface area contributed by atoms with Crippen LogP contribution in [0.25, 0.3) is 0 Å². The molecule has 0 saturated carbocycles. The number of ether oxygens (including phenoxy) is 2. The van der Waals surface area contributed by atoms with Crippen LogP contribution in [0.2, 0.25) is 0 Å². The molecule has 0 spiro atoms. The highest BCUT2D eigenvalue weighted by atomic mass is 16.5. The van der Waals surface area contributed by atoms with Crippen LogP contribution in [0.1, 0.15) is 19.3 Å². The summed E-state index contributed by atoms with van der Waals surface area (Å²) in [5, 5.41) is 33.9. The lowest BCUT2D eigenvalue weighted by Gasteiger charge is -2.45. The van der Waals surface area contributed by atoms with Gasteiger partial charge in [0.2, 0.25) is 5.91 Å². The van der Waals surface area contributed by atoms with Gasteiger partial charge in [-0.05, 0) is 6.42 Å². The van der Waals surface area contributed by atoms with Gasteiger partial charge in [-0.1, -0.05) is 0 Å². The second-order valence-corrected chi connectivity index (χ2v) is 6.65. The fourth-order valence-corrected chi connectivity index (χ4v) is 3.13. The Balaban J connectivity index is 1.82.